The molecule has 0 aromatic carbocycles. The number of anilines is 1. The van der Waals surface area contributed by atoms with Crippen molar-refractivity contribution < 1.29 is 13.2 Å². The maximum absolute atomic E-state index is 11.9. The predicted molar refractivity (Wildman–Crippen MR) is 80.6 cm³/mol. The summed E-state index contributed by atoms with van der Waals surface area (Å²) in [5.74, 6) is -0.970. The van der Waals surface area contributed by atoms with Crippen LogP contribution in [0, 0.1) is 26.7 Å². The Morgan fingerprint density at radius 1 is 1.30 bits per heavy atom. The van der Waals surface area contributed by atoms with Crippen LogP contribution in [-0.2, 0) is 14.6 Å². The van der Waals surface area contributed by atoms with Crippen molar-refractivity contribution in [3.05, 3.63) is 23.0 Å². The molecule has 0 unspecified atom stereocenters. The minimum atomic E-state index is -3.37. The molecule has 0 saturated carbocycles. The number of sulfone groups is 1. The highest BCUT2D eigenvalue weighted by molar-refractivity contribution is 7.92. The van der Waals surface area contributed by atoms with E-state index in [-0.39, 0.29) is 11.7 Å². The van der Waals surface area contributed by atoms with E-state index in [0.717, 1.165) is 11.3 Å². The van der Waals surface area contributed by atoms with Gasteiger partial charge in [0.1, 0.15) is 5.75 Å². The van der Waals surface area contributed by atoms with Crippen LogP contribution in [0.1, 0.15) is 30.8 Å². The number of nitrogens with zero attached hydrogens (tertiary/aromatic N) is 1. The zero-order valence-electron chi connectivity index (χ0n) is 12.6. The molecule has 0 radical (unpaired) electrons. The quantitative estimate of drug-likeness (QED) is 0.902. The number of hydrogen-bond acceptors (Lipinski definition) is 4. The van der Waals surface area contributed by atoms with Crippen molar-refractivity contribution in [1.29, 1.82) is 0 Å². The summed E-state index contributed by atoms with van der Waals surface area (Å²) in [6.07, 6.45) is 0. The highest BCUT2D eigenvalue weighted by atomic mass is 32.2. The number of nitrogens with one attached hydrogen (secondary N) is 1. The number of rotatable bonds is 5. The molecule has 0 saturated heterocycles. The summed E-state index contributed by atoms with van der Waals surface area (Å²) in [6.45, 7) is 9.15. The number of carbonyl (C=O) groups is 1. The third-order valence-electron chi connectivity index (χ3n) is 2.73. The molecule has 0 aliphatic heterocycles. The standard InChI is InChI=1S/C14H22N2O3S/c1-9(2)7-20(18,19)8-13(17)16-14-10(3)6-11(4)15-12(14)5/h6,9H,7-8H2,1-5H3,(H,16,17). The number of hydrogen-bond donors (Lipinski definition) is 1. The van der Waals surface area contributed by atoms with Gasteiger partial charge in [-0.1, -0.05) is 13.8 Å². The minimum absolute atomic E-state index is 0.0114. The molecule has 112 valence electrons. The van der Waals surface area contributed by atoms with E-state index in [2.05, 4.69) is 10.3 Å². The van der Waals surface area contributed by atoms with Gasteiger partial charge in [0.25, 0.3) is 0 Å². The summed E-state index contributed by atoms with van der Waals surface area (Å²) < 4.78 is 23.6. The van der Waals surface area contributed by atoms with Gasteiger partial charge in [-0.25, -0.2) is 8.42 Å². The van der Waals surface area contributed by atoms with Crippen LogP contribution in [-0.4, -0.2) is 30.8 Å². The van der Waals surface area contributed by atoms with Gasteiger partial charge in [-0.3, -0.25) is 9.78 Å². The molecule has 0 bridgehead atoms. The van der Waals surface area contributed by atoms with Gasteiger partial charge in [0.2, 0.25) is 5.91 Å². The summed E-state index contributed by atoms with van der Waals surface area (Å²) in [4.78, 5) is 16.1. The second kappa shape index (κ2) is 6.35. The Balaban J connectivity index is 2.83. The summed E-state index contributed by atoms with van der Waals surface area (Å²) >= 11 is 0. The number of aryl methyl sites for hydroxylation is 3. The molecular weight excluding hydrogens is 276 g/mol. The molecule has 0 aliphatic carbocycles. The van der Waals surface area contributed by atoms with Crippen LogP contribution in [0.2, 0.25) is 0 Å². The molecular formula is C14H22N2O3S. The van der Waals surface area contributed by atoms with E-state index in [1.807, 2.05) is 33.8 Å². The Bertz CT molecular complexity index is 584. The second-order valence-electron chi connectivity index (χ2n) is 5.54. The molecule has 1 rings (SSSR count). The lowest BCUT2D eigenvalue weighted by molar-refractivity contribution is -0.113. The second-order valence-corrected chi connectivity index (χ2v) is 7.65. The molecule has 6 heteroatoms. The predicted octanol–water partition coefficient (Wildman–Crippen LogP) is 2.02. The first-order chi connectivity index (χ1) is 9.10. The first kappa shape index (κ1) is 16.6. The van der Waals surface area contributed by atoms with E-state index in [1.54, 1.807) is 6.92 Å². The molecule has 1 heterocycles. The SMILES string of the molecule is Cc1cc(C)c(NC(=O)CS(=O)(=O)CC(C)C)c(C)n1. The van der Waals surface area contributed by atoms with Crippen LogP contribution < -0.4 is 5.32 Å². The van der Waals surface area contributed by atoms with Crippen molar-refractivity contribution in [3.8, 4) is 0 Å². The van der Waals surface area contributed by atoms with Crippen molar-refractivity contribution in [2.45, 2.75) is 34.6 Å². The van der Waals surface area contributed by atoms with Crippen LogP contribution >= 0.6 is 0 Å². The topological polar surface area (TPSA) is 76.1 Å². The van der Waals surface area contributed by atoms with Gasteiger partial charge in [0.05, 0.1) is 17.1 Å². The van der Waals surface area contributed by atoms with Crippen LogP contribution in [0.25, 0.3) is 0 Å². The molecule has 20 heavy (non-hydrogen) atoms. The van der Waals surface area contributed by atoms with Gasteiger partial charge >= 0.3 is 0 Å². The van der Waals surface area contributed by atoms with Gasteiger partial charge in [-0.2, -0.15) is 0 Å². The highest BCUT2D eigenvalue weighted by Gasteiger charge is 2.19. The van der Waals surface area contributed by atoms with Gasteiger partial charge in [0.15, 0.2) is 9.84 Å². The Kier molecular flexibility index (Phi) is 5.28. The Labute approximate surface area is 120 Å². The molecule has 5 nitrogen and oxygen atoms in total. The molecule has 0 spiro atoms. The van der Waals surface area contributed by atoms with Crippen molar-refractivity contribution in [1.82, 2.24) is 4.98 Å². The zero-order chi connectivity index (χ0) is 15.5. The summed E-state index contributed by atoms with van der Waals surface area (Å²) in [5, 5.41) is 2.65. The van der Waals surface area contributed by atoms with Gasteiger partial charge in [-0.15, -0.1) is 0 Å². The van der Waals surface area contributed by atoms with Crippen LogP contribution in [0.3, 0.4) is 0 Å². The van der Waals surface area contributed by atoms with E-state index in [0.29, 0.717) is 11.4 Å². The van der Waals surface area contributed by atoms with E-state index >= 15 is 0 Å². The number of aromatic nitrogens is 1. The zero-order valence-corrected chi connectivity index (χ0v) is 13.5. The van der Waals surface area contributed by atoms with E-state index in [4.69, 9.17) is 0 Å². The van der Waals surface area contributed by atoms with Crippen molar-refractivity contribution in [3.63, 3.8) is 0 Å². The molecule has 1 aromatic rings. The highest BCUT2D eigenvalue weighted by Crippen LogP contribution is 2.19. The maximum atomic E-state index is 11.9. The summed E-state index contributed by atoms with van der Waals surface area (Å²) in [5.41, 5.74) is 3.03. The van der Waals surface area contributed by atoms with E-state index in [1.165, 1.54) is 0 Å². The van der Waals surface area contributed by atoms with Crippen molar-refractivity contribution in [2.75, 3.05) is 16.8 Å². The normalized spacial score (nSPS) is 11.7. The van der Waals surface area contributed by atoms with E-state index < -0.39 is 21.5 Å². The monoisotopic (exact) mass is 298 g/mol. The van der Waals surface area contributed by atoms with Gasteiger partial charge < -0.3 is 5.32 Å². The smallest absolute Gasteiger partial charge is 0.239 e. The minimum Gasteiger partial charge on any atom is -0.323 e. The first-order valence-corrected chi connectivity index (χ1v) is 8.38. The summed E-state index contributed by atoms with van der Waals surface area (Å²) in [6, 6.07) is 1.85. The van der Waals surface area contributed by atoms with Gasteiger partial charge in [0, 0.05) is 5.69 Å². The first-order valence-electron chi connectivity index (χ1n) is 6.56. The Morgan fingerprint density at radius 3 is 2.40 bits per heavy atom. The van der Waals surface area contributed by atoms with Gasteiger partial charge in [-0.05, 0) is 38.3 Å². The van der Waals surface area contributed by atoms with E-state index in [9.17, 15) is 13.2 Å². The largest absolute Gasteiger partial charge is 0.323 e. The molecule has 0 fully saturated rings. The van der Waals surface area contributed by atoms with Crippen molar-refractivity contribution >= 4 is 21.4 Å². The number of pyridine rings is 1. The summed E-state index contributed by atoms with van der Waals surface area (Å²) in [7, 11) is -3.37. The Morgan fingerprint density at radius 2 is 1.90 bits per heavy atom. The molecule has 1 amide bonds. The number of amides is 1. The van der Waals surface area contributed by atoms with Crippen LogP contribution in [0.15, 0.2) is 6.07 Å². The lowest BCUT2D eigenvalue weighted by Gasteiger charge is -2.12. The maximum Gasteiger partial charge on any atom is 0.239 e. The molecule has 0 aliphatic rings. The third-order valence-corrected chi connectivity index (χ3v) is 4.60. The Hall–Kier alpha value is -1.43. The van der Waals surface area contributed by atoms with Crippen LogP contribution in [0.4, 0.5) is 5.69 Å². The lowest BCUT2D eigenvalue weighted by atomic mass is 10.1. The fourth-order valence-electron chi connectivity index (χ4n) is 2.15. The third kappa shape index (κ3) is 4.92. The van der Waals surface area contributed by atoms with Crippen molar-refractivity contribution in [2.24, 2.45) is 5.92 Å². The fourth-order valence-corrected chi connectivity index (χ4v) is 3.76. The average Bonchev–Trinajstić information content (AvgIpc) is 2.20. The number of carbonyl (C=O) groups excluding carboxylic acids is 1. The molecule has 1 aromatic heterocycles. The molecule has 1 N–H and O–H groups in total. The average molecular weight is 298 g/mol. The lowest BCUT2D eigenvalue weighted by Crippen LogP contribution is -2.27. The van der Waals surface area contributed by atoms with Crippen LogP contribution in [0.5, 0.6) is 0 Å². The fraction of sp³-hybridized carbons (Fsp3) is 0.571. The molecule has 0 atom stereocenters.